The van der Waals surface area contributed by atoms with Gasteiger partial charge in [0.05, 0.1) is 6.20 Å². The lowest BCUT2D eigenvalue weighted by atomic mass is 10.5. The van der Waals surface area contributed by atoms with E-state index in [0.717, 1.165) is 5.33 Å². The van der Waals surface area contributed by atoms with Gasteiger partial charge in [-0.2, -0.15) is 0 Å². The lowest BCUT2D eigenvalue weighted by Gasteiger charge is -1.86. The van der Waals surface area contributed by atoms with Crippen molar-refractivity contribution in [3.05, 3.63) is 23.5 Å². The topological polar surface area (TPSA) is 33.1 Å². The second-order valence-electron chi connectivity index (χ2n) is 2.03. The molecule has 1 aromatic rings. The Balaban J connectivity index is 0.000000261. The second kappa shape index (κ2) is 7.37. The van der Waals surface area contributed by atoms with Gasteiger partial charge in [-0.1, -0.05) is 34.5 Å². The van der Waals surface area contributed by atoms with E-state index < -0.39 is 0 Å². The minimum atomic E-state index is 0.134. The zero-order valence-electron chi connectivity index (χ0n) is 6.80. The Labute approximate surface area is 85.7 Å². The fourth-order valence-corrected chi connectivity index (χ4v) is 0.480. The molecule has 0 atom stereocenters. The maximum Gasteiger partial charge on any atom is 0.133 e. The van der Waals surface area contributed by atoms with E-state index in [9.17, 15) is 0 Å². The third-order valence-corrected chi connectivity index (χ3v) is 1.92. The molecular formula is C8H11BrClNO. The van der Waals surface area contributed by atoms with Crippen LogP contribution in [0.1, 0.15) is 13.3 Å². The highest BCUT2D eigenvalue weighted by atomic mass is 79.9. The minimum absolute atomic E-state index is 0.134. The van der Waals surface area contributed by atoms with Gasteiger partial charge in [0.25, 0.3) is 0 Å². The Morgan fingerprint density at radius 1 is 1.58 bits per heavy atom. The highest BCUT2D eigenvalue weighted by Gasteiger charge is 1.85. The minimum Gasteiger partial charge on any atom is -0.506 e. The van der Waals surface area contributed by atoms with Crippen molar-refractivity contribution in [2.75, 3.05) is 5.33 Å². The molecular weight excluding hydrogens is 241 g/mol. The van der Waals surface area contributed by atoms with Crippen molar-refractivity contribution in [3.63, 3.8) is 0 Å². The van der Waals surface area contributed by atoms with Crippen molar-refractivity contribution in [1.82, 2.24) is 4.98 Å². The molecule has 0 spiro atoms. The number of hydrogen-bond acceptors (Lipinski definition) is 2. The first kappa shape index (κ1) is 11.7. The molecule has 68 valence electrons. The first-order valence-electron chi connectivity index (χ1n) is 3.57. The normalized spacial score (nSPS) is 8.58. The Morgan fingerprint density at radius 3 is 2.42 bits per heavy atom. The number of nitrogens with zero attached hydrogens (tertiary/aromatic N) is 1. The number of pyridine rings is 1. The number of alkyl halides is 1. The predicted molar refractivity (Wildman–Crippen MR) is 55.0 cm³/mol. The molecule has 0 saturated carbocycles. The van der Waals surface area contributed by atoms with Crippen LogP contribution in [0.25, 0.3) is 0 Å². The van der Waals surface area contributed by atoms with E-state index >= 15 is 0 Å². The van der Waals surface area contributed by atoms with Gasteiger partial charge in [0.1, 0.15) is 10.9 Å². The summed E-state index contributed by atoms with van der Waals surface area (Å²) in [6.45, 7) is 2.13. The SMILES string of the molecule is CCCBr.Oc1ccc(Cl)nc1. The molecule has 0 aromatic carbocycles. The van der Waals surface area contributed by atoms with Crippen LogP contribution >= 0.6 is 27.5 Å². The fraction of sp³-hybridized carbons (Fsp3) is 0.375. The molecule has 0 aliphatic heterocycles. The van der Waals surface area contributed by atoms with Crippen LogP contribution in [0.15, 0.2) is 18.3 Å². The number of aromatic hydroxyl groups is 1. The Kier molecular flexibility index (Phi) is 7.20. The van der Waals surface area contributed by atoms with E-state index in [2.05, 4.69) is 27.8 Å². The molecule has 0 saturated heterocycles. The zero-order valence-corrected chi connectivity index (χ0v) is 9.14. The Hall–Kier alpha value is -0.280. The van der Waals surface area contributed by atoms with Crippen LogP contribution in [0.2, 0.25) is 5.15 Å². The van der Waals surface area contributed by atoms with Crippen LogP contribution in [-0.4, -0.2) is 15.4 Å². The predicted octanol–water partition coefficient (Wildman–Crippen LogP) is 3.23. The van der Waals surface area contributed by atoms with Crippen molar-refractivity contribution in [3.8, 4) is 5.75 Å². The maximum absolute atomic E-state index is 8.64. The summed E-state index contributed by atoms with van der Waals surface area (Å²) in [7, 11) is 0. The zero-order chi connectivity index (χ0) is 9.40. The molecule has 1 N–H and O–H groups in total. The van der Waals surface area contributed by atoms with Crippen LogP contribution in [0, 0.1) is 0 Å². The molecule has 1 heterocycles. The van der Waals surface area contributed by atoms with E-state index in [0.29, 0.717) is 5.15 Å². The molecule has 12 heavy (non-hydrogen) atoms. The Morgan fingerprint density at radius 2 is 2.17 bits per heavy atom. The van der Waals surface area contributed by atoms with Gasteiger partial charge >= 0.3 is 0 Å². The van der Waals surface area contributed by atoms with Gasteiger partial charge in [0.15, 0.2) is 0 Å². The lowest BCUT2D eigenvalue weighted by molar-refractivity contribution is 0.472. The summed E-state index contributed by atoms with van der Waals surface area (Å²) in [4.78, 5) is 3.59. The van der Waals surface area contributed by atoms with Crippen LogP contribution in [0.5, 0.6) is 5.75 Å². The summed E-state index contributed by atoms with van der Waals surface area (Å²) in [5.74, 6) is 0.134. The van der Waals surface area contributed by atoms with Crippen LogP contribution in [-0.2, 0) is 0 Å². The molecule has 2 nitrogen and oxygen atoms in total. The number of aromatic nitrogens is 1. The van der Waals surface area contributed by atoms with Gasteiger partial charge in [-0.3, -0.25) is 0 Å². The van der Waals surface area contributed by atoms with E-state index in [1.807, 2.05) is 0 Å². The van der Waals surface area contributed by atoms with Crippen molar-refractivity contribution in [2.45, 2.75) is 13.3 Å². The molecule has 0 unspecified atom stereocenters. The molecule has 1 rings (SSSR count). The van der Waals surface area contributed by atoms with E-state index in [4.69, 9.17) is 16.7 Å². The van der Waals surface area contributed by atoms with Crippen molar-refractivity contribution < 1.29 is 5.11 Å². The first-order valence-corrected chi connectivity index (χ1v) is 5.07. The molecule has 0 aliphatic carbocycles. The van der Waals surface area contributed by atoms with Crippen LogP contribution in [0.4, 0.5) is 0 Å². The van der Waals surface area contributed by atoms with Gasteiger partial charge < -0.3 is 5.11 Å². The fourth-order valence-electron chi connectivity index (χ4n) is 0.368. The maximum atomic E-state index is 8.64. The number of rotatable bonds is 1. The monoisotopic (exact) mass is 251 g/mol. The average Bonchev–Trinajstić information content (AvgIpc) is 2.11. The standard InChI is InChI=1S/C5H4ClNO.C3H7Br/c6-5-2-1-4(8)3-7-5;1-2-3-4/h1-3,8H;2-3H2,1H3. The number of hydrogen-bond donors (Lipinski definition) is 1. The largest absolute Gasteiger partial charge is 0.506 e. The van der Waals surface area contributed by atoms with Gasteiger partial charge in [0, 0.05) is 5.33 Å². The van der Waals surface area contributed by atoms with E-state index in [1.54, 1.807) is 0 Å². The lowest BCUT2D eigenvalue weighted by Crippen LogP contribution is -1.69. The third kappa shape index (κ3) is 6.43. The van der Waals surface area contributed by atoms with Crippen molar-refractivity contribution in [2.24, 2.45) is 0 Å². The van der Waals surface area contributed by atoms with E-state index in [1.165, 1.54) is 24.8 Å². The highest BCUT2D eigenvalue weighted by Crippen LogP contribution is 2.08. The van der Waals surface area contributed by atoms with Gasteiger partial charge in [-0.15, -0.1) is 0 Å². The van der Waals surface area contributed by atoms with Crippen LogP contribution < -0.4 is 0 Å². The molecule has 1 aromatic heterocycles. The van der Waals surface area contributed by atoms with Gasteiger partial charge in [-0.05, 0) is 18.6 Å². The quantitative estimate of drug-likeness (QED) is 0.615. The number of halogens is 2. The van der Waals surface area contributed by atoms with Crippen molar-refractivity contribution in [1.29, 1.82) is 0 Å². The molecule has 0 bridgehead atoms. The first-order chi connectivity index (χ1) is 5.70. The molecule has 0 fully saturated rings. The molecule has 0 amide bonds. The smallest absolute Gasteiger partial charge is 0.133 e. The Bertz CT molecular complexity index is 180. The summed E-state index contributed by atoms with van der Waals surface area (Å²) in [5, 5.41) is 10.2. The highest BCUT2D eigenvalue weighted by molar-refractivity contribution is 9.09. The summed E-state index contributed by atoms with van der Waals surface area (Å²) < 4.78 is 0. The second-order valence-corrected chi connectivity index (χ2v) is 3.21. The summed E-state index contributed by atoms with van der Waals surface area (Å²) in [5.41, 5.74) is 0. The van der Waals surface area contributed by atoms with Crippen molar-refractivity contribution >= 4 is 27.5 Å². The summed E-state index contributed by atoms with van der Waals surface area (Å²) in [6.07, 6.45) is 2.53. The average molecular weight is 253 g/mol. The molecule has 0 aliphatic rings. The van der Waals surface area contributed by atoms with Crippen LogP contribution in [0.3, 0.4) is 0 Å². The van der Waals surface area contributed by atoms with Gasteiger partial charge in [0.2, 0.25) is 0 Å². The third-order valence-electron chi connectivity index (χ3n) is 0.901. The summed E-state index contributed by atoms with van der Waals surface area (Å²) in [6, 6.07) is 3.01. The summed E-state index contributed by atoms with van der Waals surface area (Å²) >= 11 is 8.64. The molecule has 0 radical (unpaired) electrons. The van der Waals surface area contributed by atoms with Gasteiger partial charge in [-0.25, -0.2) is 4.98 Å². The molecule has 4 heteroatoms. The van der Waals surface area contributed by atoms with E-state index in [-0.39, 0.29) is 5.75 Å².